The van der Waals surface area contributed by atoms with Crippen molar-refractivity contribution in [2.24, 2.45) is 0 Å². The molecule has 82 valence electrons. The quantitative estimate of drug-likeness (QED) is 0.451. The molecule has 0 amide bonds. The van der Waals surface area contributed by atoms with E-state index >= 15 is 0 Å². The van der Waals surface area contributed by atoms with Gasteiger partial charge in [0.15, 0.2) is 11.5 Å². The number of benzene rings is 2. The molecule has 17 heavy (non-hydrogen) atoms. The maximum Gasteiger partial charge on any atom is 0.192 e. The summed E-state index contributed by atoms with van der Waals surface area (Å²) < 4.78 is 8.17. The normalized spacial score (nSPS) is 11.8. The lowest BCUT2D eigenvalue weighted by atomic mass is 10.1. The van der Waals surface area contributed by atoms with E-state index < -0.39 is 0 Å². The van der Waals surface area contributed by atoms with Gasteiger partial charge in [0.2, 0.25) is 0 Å². The van der Waals surface area contributed by atoms with Crippen LogP contribution < -0.4 is 0 Å². The molecule has 0 N–H and O–H groups in total. The van der Waals surface area contributed by atoms with Gasteiger partial charge in [-0.25, -0.2) is 4.98 Å². The van der Waals surface area contributed by atoms with Crippen molar-refractivity contribution in [1.29, 1.82) is 0 Å². The Labute approximate surface area is 101 Å². The molecule has 0 fully saturated rings. The van der Waals surface area contributed by atoms with Gasteiger partial charge in [0.1, 0.15) is 5.52 Å². The molecule has 3 heteroatoms. The maximum absolute atomic E-state index is 5.59. The van der Waals surface area contributed by atoms with E-state index in [1.807, 2.05) is 6.92 Å². The number of fused-ring (bicyclic) bond motifs is 4. The van der Waals surface area contributed by atoms with E-state index in [9.17, 15) is 0 Å². The number of aryl methyl sites for hydroxylation is 1. The highest BCUT2D eigenvalue weighted by molar-refractivity contribution is 7.25. The Balaban J connectivity index is 2.26. The average Bonchev–Trinajstić information content (AvgIpc) is 2.84. The monoisotopic (exact) mass is 239 g/mol. The van der Waals surface area contributed by atoms with Gasteiger partial charge in [-0.05, 0) is 18.2 Å². The van der Waals surface area contributed by atoms with Crippen molar-refractivity contribution in [2.75, 3.05) is 0 Å². The molecular weight excluding hydrogens is 230 g/mol. The molecule has 0 spiro atoms. The summed E-state index contributed by atoms with van der Waals surface area (Å²) in [6, 6.07) is 12.7. The van der Waals surface area contributed by atoms with Crippen LogP contribution in [0.15, 0.2) is 40.8 Å². The SMILES string of the molecule is Cc1nc2cc3sc4ccccc4c3cc2o1. The summed E-state index contributed by atoms with van der Waals surface area (Å²) in [7, 11) is 0. The molecule has 0 bridgehead atoms. The lowest BCUT2D eigenvalue weighted by molar-refractivity contribution is 0.561. The fourth-order valence-electron chi connectivity index (χ4n) is 2.26. The Morgan fingerprint density at radius 1 is 1.06 bits per heavy atom. The number of hydrogen-bond donors (Lipinski definition) is 0. The van der Waals surface area contributed by atoms with Crippen molar-refractivity contribution in [3.63, 3.8) is 0 Å². The Kier molecular flexibility index (Phi) is 1.66. The first-order valence-corrected chi connectivity index (χ1v) is 6.31. The van der Waals surface area contributed by atoms with Crippen LogP contribution in [0.25, 0.3) is 31.3 Å². The molecule has 4 aromatic rings. The molecule has 4 rings (SSSR count). The molecule has 2 aromatic heterocycles. The number of rotatable bonds is 0. The van der Waals surface area contributed by atoms with Gasteiger partial charge in [-0.1, -0.05) is 18.2 Å². The summed E-state index contributed by atoms with van der Waals surface area (Å²) >= 11 is 1.80. The zero-order chi connectivity index (χ0) is 11.4. The zero-order valence-electron chi connectivity index (χ0n) is 9.23. The third kappa shape index (κ3) is 1.23. The van der Waals surface area contributed by atoms with E-state index in [-0.39, 0.29) is 0 Å². The van der Waals surface area contributed by atoms with Crippen molar-refractivity contribution in [3.8, 4) is 0 Å². The van der Waals surface area contributed by atoms with Crippen LogP contribution in [0.4, 0.5) is 0 Å². The average molecular weight is 239 g/mol. The molecule has 0 aliphatic rings. The van der Waals surface area contributed by atoms with Gasteiger partial charge in [0.25, 0.3) is 0 Å². The smallest absolute Gasteiger partial charge is 0.192 e. The van der Waals surface area contributed by atoms with Gasteiger partial charge in [0.05, 0.1) is 0 Å². The van der Waals surface area contributed by atoms with Crippen LogP contribution in [-0.4, -0.2) is 4.98 Å². The number of hydrogen-bond acceptors (Lipinski definition) is 3. The molecule has 0 saturated heterocycles. The molecule has 0 saturated carbocycles. The lowest BCUT2D eigenvalue weighted by Crippen LogP contribution is -1.69. The predicted octanol–water partition coefficient (Wildman–Crippen LogP) is 4.50. The van der Waals surface area contributed by atoms with Crippen LogP contribution in [0.5, 0.6) is 0 Å². The third-order valence-electron chi connectivity index (χ3n) is 2.99. The summed E-state index contributed by atoms with van der Waals surface area (Å²) in [5.74, 6) is 0.724. The van der Waals surface area contributed by atoms with Gasteiger partial charge in [-0.3, -0.25) is 0 Å². The summed E-state index contributed by atoms with van der Waals surface area (Å²) in [5.41, 5.74) is 1.82. The van der Waals surface area contributed by atoms with Crippen LogP contribution in [-0.2, 0) is 0 Å². The molecular formula is C14H9NOS. The largest absolute Gasteiger partial charge is 0.441 e. The van der Waals surface area contributed by atoms with E-state index in [1.165, 1.54) is 20.2 Å². The second-order valence-corrected chi connectivity index (χ2v) is 5.23. The minimum absolute atomic E-state index is 0.724. The molecule has 0 aliphatic carbocycles. The highest BCUT2D eigenvalue weighted by Gasteiger charge is 2.09. The minimum atomic E-state index is 0.724. The van der Waals surface area contributed by atoms with E-state index in [0.29, 0.717) is 0 Å². The summed E-state index contributed by atoms with van der Waals surface area (Å²) in [4.78, 5) is 4.37. The molecule has 2 nitrogen and oxygen atoms in total. The van der Waals surface area contributed by atoms with Gasteiger partial charge < -0.3 is 4.42 Å². The highest BCUT2D eigenvalue weighted by Crippen LogP contribution is 2.36. The topological polar surface area (TPSA) is 26.0 Å². The van der Waals surface area contributed by atoms with Crippen molar-refractivity contribution in [1.82, 2.24) is 4.98 Å². The number of aromatic nitrogens is 1. The summed E-state index contributed by atoms with van der Waals surface area (Å²) in [6.07, 6.45) is 0. The lowest BCUT2D eigenvalue weighted by Gasteiger charge is -1.90. The number of oxazole rings is 1. The molecule has 0 atom stereocenters. The minimum Gasteiger partial charge on any atom is -0.441 e. The Hall–Kier alpha value is -1.87. The molecule has 2 aromatic carbocycles. The second kappa shape index (κ2) is 3.08. The van der Waals surface area contributed by atoms with Gasteiger partial charge in [0, 0.05) is 27.1 Å². The van der Waals surface area contributed by atoms with Gasteiger partial charge in [-0.2, -0.15) is 0 Å². The number of nitrogens with zero attached hydrogens (tertiary/aromatic N) is 1. The van der Waals surface area contributed by atoms with Crippen molar-refractivity contribution < 1.29 is 4.42 Å². The van der Waals surface area contributed by atoms with E-state index in [0.717, 1.165) is 17.0 Å². The van der Waals surface area contributed by atoms with Crippen molar-refractivity contribution >= 4 is 42.6 Å². The Morgan fingerprint density at radius 3 is 2.88 bits per heavy atom. The summed E-state index contributed by atoms with van der Waals surface area (Å²) in [6.45, 7) is 1.88. The maximum atomic E-state index is 5.59. The fraction of sp³-hybridized carbons (Fsp3) is 0.0714. The Bertz CT molecular complexity index is 856. The van der Waals surface area contributed by atoms with Crippen molar-refractivity contribution in [3.05, 3.63) is 42.3 Å². The Morgan fingerprint density at radius 2 is 1.94 bits per heavy atom. The first-order valence-electron chi connectivity index (χ1n) is 5.50. The highest BCUT2D eigenvalue weighted by atomic mass is 32.1. The standard InChI is InChI=1S/C14H9NOS/c1-8-15-11-7-14-10(6-12(11)16-8)9-4-2-3-5-13(9)17-14/h2-7H,1H3. The first-order chi connectivity index (χ1) is 8.31. The predicted molar refractivity (Wildman–Crippen MR) is 71.6 cm³/mol. The van der Waals surface area contributed by atoms with E-state index in [2.05, 4.69) is 41.4 Å². The van der Waals surface area contributed by atoms with Crippen LogP contribution in [0.2, 0.25) is 0 Å². The molecule has 0 unspecified atom stereocenters. The molecule has 0 radical (unpaired) electrons. The van der Waals surface area contributed by atoms with E-state index in [1.54, 1.807) is 11.3 Å². The van der Waals surface area contributed by atoms with E-state index in [4.69, 9.17) is 4.42 Å². The van der Waals surface area contributed by atoms with Crippen LogP contribution in [0.1, 0.15) is 5.89 Å². The van der Waals surface area contributed by atoms with Crippen LogP contribution in [0, 0.1) is 6.92 Å². The first kappa shape index (κ1) is 9.19. The fourth-order valence-corrected chi connectivity index (χ4v) is 3.38. The third-order valence-corrected chi connectivity index (χ3v) is 4.13. The molecule has 0 aliphatic heterocycles. The van der Waals surface area contributed by atoms with Gasteiger partial charge >= 0.3 is 0 Å². The number of thiophene rings is 1. The van der Waals surface area contributed by atoms with Crippen molar-refractivity contribution in [2.45, 2.75) is 6.92 Å². The van der Waals surface area contributed by atoms with Gasteiger partial charge in [-0.15, -0.1) is 11.3 Å². The molecule has 2 heterocycles. The zero-order valence-corrected chi connectivity index (χ0v) is 10.0. The summed E-state index contributed by atoms with van der Waals surface area (Å²) in [5, 5.41) is 2.55. The van der Waals surface area contributed by atoms with Crippen LogP contribution in [0.3, 0.4) is 0 Å². The second-order valence-electron chi connectivity index (χ2n) is 4.15. The van der Waals surface area contributed by atoms with Crippen LogP contribution >= 0.6 is 11.3 Å².